The Labute approximate surface area is 215 Å². The number of hydrogen-bond donors (Lipinski definition) is 1. The summed E-state index contributed by atoms with van der Waals surface area (Å²) in [6.45, 7) is 2.02. The summed E-state index contributed by atoms with van der Waals surface area (Å²) in [5.41, 5.74) is 2.60. The van der Waals surface area contributed by atoms with Gasteiger partial charge in [-0.25, -0.2) is 9.69 Å². The van der Waals surface area contributed by atoms with Crippen LogP contribution in [0.2, 0.25) is 0 Å². The van der Waals surface area contributed by atoms with Crippen LogP contribution >= 0.6 is 0 Å². The number of imide groups is 1. The number of carbonyl (C=O) groups is 3. The second-order valence-corrected chi connectivity index (χ2v) is 8.64. The molecule has 37 heavy (non-hydrogen) atoms. The Balaban J connectivity index is 1.62. The Morgan fingerprint density at radius 1 is 0.865 bits per heavy atom. The van der Waals surface area contributed by atoms with E-state index >= 15 is 0 Å². The number of aryl methyl sites for hydroxylation is 1. The second-order valence-electron chi connectivity index (χ2n) is 8.64. The maximum atomic E-state index is 13.6. The highest BCUT2D eigenvalue weighted by Crippen LogP contribution is 2.30. The van der Waals surface area contributed by atoms with E-state index in [1.165, 1.54) is 19.1 Å². The smallest absolute Gasteiger partial charge is 0.332 e. The molecule has 1 unspecified atom stereocenters. The summed E-state index contributed by atoms with van der Waals surface area (Å²) in [4.78, 5) is 42.8. The van der Waals surface area contributed by atoms with Gasteiger partial charge in [0.05, 0.1) is 33.4 Å². The minimum absolute atomic E-state index is 0.134. The molecule has 0 bridgehead atoms. The van der Waals surface area contributed by atoms with E-state index in [9.17, 15) is 14.4 Å². The van der Waals surface area contributed by atoms with E-state index in [0.717, 1.165) is 16.0 Å². The van der Waals surface area contributed by atoms with Crippen LogP contribution in [0.3, 0.4) is 0 Å². The Kier molecular flexibility index (Phi) is 7.62. The molecule has 192 valence electrons. The topological polar surface area (TPSA) is 97.4 Å². The molecule has 0 spiro atoms. The molecule has 1 N–H and O–H groups in total. The van der Waals surface area contributed by atoms with Gasteiger partial charge >= 0.3 is 6.03 Å². The lowest BCUT2D eigenvalue weighted by Gasteiger charge is -2.22. The van der Waals surface area contributed by atoms with Gasteiger partial charge in [-0.05, 0) is 42.3 Å². The summed E-state index contributed by atoms with van der Waals surface area (Å²) in [7, 11) is 4.59. The molecular formula is C28H29N3O6. The highest BCUT2D eigenvalue weighted by molar-refractivity contribution is 6.22. The second kappa shape index (κ2) is 11.0. The van der Waals surface area contributed by atoms with E-state index < -0.39 is 23.9 Å². The average Bonchev–Trinajstić information content (AvgIpc) is 3.12. The summed E-state index contributed by atoms with van der Waals surface area (Å²) in [5.74, 6) is 0.756. The lowest BCUT2D eigenvalue weighted by atomic mass is 10.1. The molecule has 3 aromatic carbocycles. The van der Waals surface area contributed by atoms with E-state index in [0.29, 0.717) is 28.6 Å². The van der Waals surface area contributed by atoms with Crippen LogP contribution in [0.5, 0.6) is 17.2 Å². The predicted molar refractivity (Wildman–Crippen MR) is 139 cm³/mol. The monoisotopic (exact) mass is 503 g/mol. The Morgan fingerprint density at radius 3 is 2.19 bits per heavy atom. The quantitative estimate of drug-likeness (QED) is 0.435. The van der Waals surface area contributed by atoms with Gasteiger partial charge in [0.1, 0.15) is 23.3 Å². The predicted octanol–water partition coefficient (Wildman–Crippen LogP) is 4.39. The summed E-state index contributed by atoms with van der Waals surface area (Å²) in [5, 5.41) is 2.79. The molecule has 0 saturated carbocycles. The molecule has 1 atom stereocenters. The van der Waals surface area contributed by atoms with Gasteiger partial charge in [-0.2, -0.15) is 0 Å². The van der Waals surface area contributed by atoms with E-state index in [-0.39, 0.29) is 13.0 Å². The normalized spacial score (nSPS) is 15.1. The minimum atomic E-state index is -0.994. The van der Waals surface area contributed by atoms with Gasteiger partial charge in [-0.3, -0.25) is 9.59 Å². The molecule has 3 aromatic rings. The molecule has 1 heterocycles. The number of benzene rings is 3. The van der Waals surface area contributed by atoms with Crippen LogP contribution in [0.15, 0.2) is 66.7 Å². The van der Waals surface area contributed by atoms with Gasteiger partial charge in [0.25, 0.3) is 5.91 Å². The molecule has 4 rings (SSSR count). The first-order chi connectivity index (χ1) is 17.8. The minimum Gasteiger partial charge on any atom is -0.497 e. The first-order valence-corrected chi connectivity index (χ1v) is 11.7. The van der Waals surface area contributed by atoms with Crippen LogP contribution in [0, 0.1) is 6.92 Å². The lowest BCUT2D eigenvalue weighted by molar-refractivity contribution is -0.124. The van der Waals surface area contributed by atoms with Crippen LogP contribution in [-0.2, 0) is 16.1 Å². The zero-order valence-electron chi connectivity index (χ0n) is 21.2. The maximum Gasteiger partial charge on any atom is 0.332 e. The number of rotatable bonds is 9. The fraction of sp³-hybridized carbons (Fsp3) is 0.250. The van der Waals surface area contributed by atoms with Crippen molar-refractivity contribution in [2.45, 2.75) is 25.9 Å². The van der Waals surface area contributed by atoms with Gasteiger partial charge in [0.15, 0.2) is 0 Å². The van der Waals surface area contributed by atoms with Crippen molar-refractivity contribution in [1.82, 2.24) is 4.90 Å². The van der Waals surface area contributed by atoms with E-state index in [1.54, 1.807) is 55.6 Å². The molecular weight excluding hydrogens is 474 g/mol. The highest BCUT2D eigenvalue weighted by atomic mass is 16.5. The summed E-state index contributed by atoms with van der Waals surface area (Å²) >= 11 is 0. The molecule has 0 aliphatic carbocycles. The first kappa shape index (κ1) is 25.6. The Bertz CT molecular complexity index is 1300. The van der Waals surface area contributed by atoms with Gasteiger partial charge in [0.2, 0.25) is 5.91 Å². The number of nitrogens with zero attached hydrogens (tertiary/aromatic N) is 2. The van der Waals surface area contributed by atoms with Gasteiger partial charge in [-0.1, -0.05) is 24.3 Å². The van der Waals surface area contributed by atoms with Crippen LogP contribution in [0.1, 0.15) is 17.5 Å². The summed E-state index contributed by atoms with van der Waals surface area (Å²) < 4.78 is 15.8. The zero-order valence-corrected chi connectivity index (χ0v) is 21.2. The molecule has 0 radical (unpaired) electrons. The molecule has 9 nitrogen and oxygen atoms in total. The van der Waals surface area contributed by atoms with Crippen molar-refractivity contribution in [2.75, 3.05) is 31.5 Å². The number of hydrogen-bond acceptors (Lipinski definition) is 6. The average molecular weight is 504 g/mol. The number of urea groups is 1. The van der Waals surface area contributed by atoms with E-state index in [1.807, 2.05) is 25.1 Å². The van der Waals surface area contributed by atoms with Crippen LogP contribution < -0.4 is 24.4 Å². The standard InChI is InChI=1S/C28H29N3O6/c1-18-7-5-9-21(11-18)31-27(33)25(30(28(31)34)17-19-8-6-10-22(12-19)35-2)16-26(32)29-20-13-23(36-3)15-24(14-20)37-4/h5-15,25H,16-17H2,1-4H3,(H,29,32). The van der Waals surface area contributed by atoms with Gasteiger partial charge in [0, 0.05) is 30.4 Å². The Morgan fingerprint density at radius 2 is 1.54 bits per heavy atom. The zero-order chi connectivity index (χ0) is 26.5. The number of anilines is 2. The highest BCUT2D eigenvalue weighted by Gasteiger charge is 2.46. The molecule has 1 fully saturated rings. The number of ether oxygens (including phenoxy) is 3. The number of nitrogens with one attached hydrogen (secondary N) is 1. The van der Waals surface area contributed by atoms with E-state index in [4.69, 9.17) is 14.2 Å². The molecule has 1 aliphatic heterocycles. The van der Waals surface area contributed by atoms with Crippen LogP contribution in [0.25, 0.3) is 0 Å². The van der Waals surface area contributed by atoms with Crippen molar-refractivity contribution in [2.24, 2.45) is 0 Å². The fourth-order valence-electron chi connectivity index (χ4n) is 4.25. The Hall–Kier alpha value is -4.53. The van der Waals surface area contributed by atoms with Crippen molar-refractivity contribution in [3.05, 3.63) is 77.9 Å². The fourth-order valence-corrected chi connectivity index (χ4v) is 4.25. The lowest BCUT2D eigenvalue weighted by Crippen LogP contribution is -2.37. The third kappa shape index (κ3) is 5.66. The number of methoxy groups -OCH3 is 3. The van der Waals surface area contributed by atoms with Gasteiger partial charge in [-0.15, -0.1) is 0 Å². The molecule has 1 saturated heterocycles. The molecule has 4 amide bonds. The van der Waals surface area contributed by atoms with Crippen molar-refractivity contribution in [3.8, 4) is 17.2 Å². The summed E-state index contributed by atoms with van der Waals surface area (Å²) in [6.07, 6.45) is -0.226. The molecule has 0 aromatic heterocycles. The summed E-state index contributed by atoms with van der Waals surface area (Å²) in [6, 6.07) is 17.9. The van der Waals surface area contributed by atoms with Crippen LogP contribution in [-0.4, -0.2) is 50.1 Å². The molecule has 1 aliphatic rings. The molecule has 9 heteroatoms. The van der Waals surface area contributed by atoms with Crippen molar-refractivity contribution in [1.29, 1.82) is 0 Å². The van der Waals surface area contributed by atoms with Crippen LogP contribution in [0.4, 0.5) is 16.2 Å². The first-order valence-electron chi connectivity index (χ1n) is 11.7. The SMILES string of the molecule is COc1cccc(CN2C(=O)N(c3cccc(C)c3)C(=O)C2CC(=O)Nc2cc(OC)cc(OC)c2)c1. The largest absolute Gasteiger partial charge is 0.497 e. The van der Waals surface area contributed by atoms with E-state index in [2.05, 4.69) is 5.32 Å². The van der Waals surface area contributed by atoms with Crippen molar-refractivity contribution >= 4 is 29.2 Å². The van der Waals surface area contributed by atoms with Crippen molar-refractivity contribution < 1.29 is 28.6 Å². The number of amides is 4. The third-order valence-electron chi connectivity index (χ3n) is 6.08. The maximum absolute atomic E-state index is 13.6. The van der Waals surface area contributed by atoms with Gasteiger partial charge < -0.3 is 24.4 Å². The van der Waals surface area contributed by atoms with Crippen molar-refractivity contribution in [3.63, 3.8) is 0 Å². The number of carbonyl (C=O) groups excluding carboxylic acids is 3. The third-order valence-corrected chi connectivity index (χ3v) is 6.08.